The van der Waals surface area contributed by atoms with Crippen LogP contribution in [0.5, 0.6) is 11.5 Å². The van der Waals surface area contributed by atoms with Gasteiger partial charge in [0, 0.05) is 18.2 Å². The minimum atomic E-state index is -1.08. The Labute approximate surface area is 241 Å². The molecule has 0 bridgehead atoms. The smallest absolute Gasteiger partial charge is 0.408 e. The molecular weight excluding hydrogens is 522 g/mol. The SMILES string of the molecule is COc1ccc(NC(=O)C(c2ccc(O)cc2)N(C(=O)C(Cc2ccccc2)NC(=O)OC(C)(C)C)C(C)C)cc1. The van der Waals surface area contributed by atoms with E-state index in [9.17, 15) is 19.5 Å². The third-order valence-electron chi connectivity index (χ3n) is 6.18. The van der Waals surface area contributed by atoms with Crippen LogP contribution >= 0.6 is 0 Å². The van der Waals surface area contributed by atoms with Crippen LogP contribution in [-0.2, 0) is 20.7 Å². The van der Waals surface area contributed by atoms with Crippen molar-refractivity contribution in [2.45, 2.75) is 64.8 Å². The van der Waals surface area contributed by atoms with E-state index in [4.69, 9.17) is 9.47 Å². The van der Waals surface area contributed by atoms with Gasteiger partial charge in [0.05, 0.1) is 7.11 Å². The number of nitrogens with zero attached hydrogens (tertiary/aromatic N) is 1. The Bertz CT molecular complexity index is 1300. The number of methoxy groups -OCH3 is 1. The van der Waals surface area contributed by atoms with Crippen molar-refractivity contribution in [1.82, 2.24) is 10.2 Å². The molecule has 0 aliphatic heterocycles. The second kappa shape index (κ2) is 13.7. The summed E-state index contributed by atoms with van der Waals surface area (Å²) in [6.45, 7) is 8.83. The minimum absolute atomic E-state index is 0.0269. The molecule has 2 unspecified atom stereocenters. The third-order valence-corrected chi connectivity index (χ3v) is 6.18. The number of benzene rings is 3. The van der Waals surface area contributed by atoms with Crippen LogP contribution in [0, 0.1) is 0 Å². The Balaban J connectivity index is 2.02. The predicted octanol–water partition coefficient (Wildman–Crippen LogP) is 5.45. The lowest BCUT2D eigenvalue weighted by Crippen LogP contribution is -2.55. The lowest BCUT2D eigenvalue weighted by Gasteiger charge is -2.37. The number of phenolic OH excluding ortho intramolecular Hbond substituents is 1. The maximum absolute atomic E-state index is 14.3. The van der Waals surface area contributed by atoms with E-state index in [2.05, 4.69) is 10.6 Å². The molecule has 3 aromatic rings. The molecule has 0 radical (unpaired) electrons. The number of hydrogen-bond acceptors (Lipinski definition) is 6. The molecule has 3 N–H and O–H groups in total. The molecule has 0 saturated carbocycles. The fraction of sp³-hybridized carbons (Fsp3) is 0.344. The van der Waals surface area contributed by atoms with Gasteiger partial charge in [0.15, 0.2) is 0 Å². The molecule has 9 nitrogen and oxygen atoms in total. The molecule has 0 spiro atoms. The number of carbonyl (C=O) groups excluding carboxylic acids is 3. The van der Waals surface area contributed by atoms with Gasteiger partial charge in [0.1, 0.15) is 29.2 Å². The normalized spacial score (nSPS) is 12.7. The summed E-state index contributed by atoms with van der Waals surface area (Å²) in [5, 5.41) is 15.5. The van der Waals surface area contributed by atoms with Crippen molar-refractivity contribution < 1.29 is 29.0 Å². The summed E-state index contributed by atoms with van der Waals surface area (Å²) in [6.07, 6.45) is -0.552. The van der Waals surface area contributed by atoms with Gasteiger partial charge in [-0.15, -0.1) is 0 Å². The van der Waals surface area contributed by atoms with Gasteiger partial charge >= 0.3 is 6.09 Å². The number of anilines is 1. The number of carbonyl (C=O) groups is 3. The van der Waals surface area contributed by atoms with Crippen LogP contribution in [0.4, 0.5) is 10.5 Å². The van der Waals surface area contributed by atoms with Gasteiger partial charge in [-0.3, -0.25) is 9.59 Å². The topological polar surface area (TPSA) is 117 Å². The second-order valence-electron chi connectivity index (χ2n) is 10.9. The van der Waals surface area contributed by atoms with Gasteiger partial charge in [0.25, 0.3) is 5.91 Å². The number of amides is 3. The highest BCUT2D eigenvalue weighted by Gasteiger charge is 2.38. The zero-order valence-corrected chi connectivity index (χ0v) is 24.4. The molecule has 3 aromatic carbocycles. The number of nitrogens with one attached hydrogen (secondary N) is 2. The average molecular weight is 562 g/mol. The molecule has 0 aromatic heterocycles. The standard InChI is InChI=1S/C32H39N3O6/c1-21(2)35(30(38)27(20-22-10-8-7-9-11-22)34-31(39)41-32(3,4)5)28(23-12-16-25(36)17-13-23)29(37)33-24-14-18-26(40-6)19-15-24/h7-19,21,27-28,36H,20H2,1-6H3,(H,33,37)(H,34,39). The summed E-state index contributed by atoms with van der Waals surface area (Å²) in [5.41, 5.74) is 1.07. The summed E-state index contributed by atoms with van der Waals surface area (Å²) >= 11 is 0. The summed E-state index contributed by atoms with van der Waals surface area (Å²) in [4.78, 5) is 42.5. The Morgan fingerprint density at radius 2 is 1.51 bits per heavy atom. The Morgan fingerprint density at radius 3 is 2.05 bits per heavy atom. The van der Waals surface area contributed by atoms with Gasteiger partial charge in [-0.05, 0) is 82.1 Å². The molecule has 3 amide bonds. The van der Waals surface area contributed by atoms with E-state index in [1.54, 1.807) is 78.1 Å². The molecular formula is C32H39N3O6. The van der Waals surface area contributed by atoms with Crippen molar-refractivity contribution in [2.24, 2.45) is 0 Å². The Kier molecular flexibility index (Phi) is 10.4. The van der Waals surface area contributed by atoms with E-state index in [0.29, 0.717) is 17.0 Å². The minimum Gasteiger partial charge on any atom is -0.508 e. The first-order valence-electron chi connectivity index (χ1n) is 13.5. The van der Waals surface area contributed by atoms with Crippen LogP contribution in [0.3, 0.4) is 0 Å². The Morgan fingerprint density at radius 1 is 0.902 bits per heavy atom. The molecule has 0 saturated heterocycles. The number of phenols is 1. The van der Waals surface area contributed by atoms with Crippen molar-refractivity contribution in [3.63, 3.8) is 0 Å². The van der Waals surface area contributed by atoms with Gasteiger partial charge in [-0.25, -0.2) is 4.79 Å². The number of ether oxygens (including phenoxy) is 2. The van der Waals surface area contributed by atoms with Crippen LogP contribution < -0.4 is 15.4 Å². The third kappa shape index (κ3) is 8.99. The van der Waals surface area contributed by atoms with Crippen molar-refractivity contribution >= 4 is 23.6 Å². The predicted molar refractivity (Wildman–Crippen MR) is 158 cm³/mol. The number of aromatic hydroxyl groups is 1. The maximum Gasteiger partial charge on any atom is 0.408 e. The molecule has 2 atom stereocenters. The summed E-state index contributed by atoms with van der Waals surface area (Å²) in [6, 6.07) is 19.7. The zero-order chi connectivity index (χ0) is 30.2. The van der Waals surface area contributed by atoms with E-state index in [-0.39, 0.29) is 12.2 Å². The quantitative estimate of drug-likeness (QED) is 0.303. The summed E-state index contributed by atoms with van der Waals surface area (Å²) in [7, 11) is 1.55. The van der Waals surface area contributed by atoms with E-state index < -0.39 is 41.6 Å². The molecule has 9 heteroatoms. The van der Waals surface area contributed by atoms with Crippen LogP contribution in [0.2, 0.25) is 0 Å². The van der Waals surface area contributed by atoms with E-state index in [1.807, 2.05) is 30.3 Å². The summed E-state index contributed by atoms with van der Waals surface area (Å²) in [5.74, 6) is -0.260. The first-order valence-corrected chi connectivity index (χ1v) is 13.5. The van der Waals surface area contributed by atoms with Crippen molar-refractivity contribution in [3.8, 4) is 11.5 Å². The largest absolute Gasteiger partial charge is 0.508 e. The Hall–Kier alpha value is -4.53. The zero-order valence-electron chi connectivity index (χ0n) is 24.4. The van der Waals surface area contributed by atoms with Gasteiger partial charge in [-0.1, -0.05) is 42.5 Å². The highest BCUT2D eigenvalue weighted by molar-refractivity contribution is 5.99. The van der Waals surface area contributed by atoms with Crippen LogP contribution in [0.25, 0.3) is 0 Å². The molecule has 0 aliphatic carbocycles. The van der Waals surface area contributed by atoms with E-state index >= 15 is 0 Å². The molecule has 218 valence electrons. The maximum atomic E-state index is 14.3. The van der Waals surface area contributed by atoms with Crippen molar-refractivity contribution in [1.29, 1.82) is 0 Å². The van der Waals surface area contributed by atoms with Gasteiger partial charge < -0.3 is 30.1 Å². The lowest BCUT2D eigenvalue weighted by atomic mass is 9.98. The van der Waals surface area contributed by atoms with Gasteiger partial charge in [0.2, 0.25) is 5.91 Å². The lowest BCUT2D eigenvalue weighted by molar-refractivity contribution is -0.142. The van der Waals surface area contributed by atoms with Crippen molar-refractivity contribution in [2.75, 3.05) is 12.4 Å². The molecule has 0 fully saturated rings. The average Bonchev–Trinajstić information content (AvgIpc) is 2.91. The first kappa shape index (κ1) is 31.0. The number of rotatable bonds is 10. The fourth-order valence-corrected chi connectivity index (χ4v) is 4.34. The number of alkyl carbamates (subject to hydrolysis) is 1. The van der Waals surface area contributed by atoms with E-state index in [0.717, 1.165) is 5.56 Å². The molecule has 0 heterocycles. The second-order valence-corrected chi connectivity index (χ2v) is 10.9. The molecule has 41 heavy (non-hydrogen) atoms. The molecule has 3 rings (SSSR count). The van der Waals surface area contributed by atoms with E-state index in [1.165, 1.54) is 17.0 Å². The van der Waals surface area contributed by atoms with Crippen LogP contribution in [0.1, 0.15) is 51.8 Å². The monoisotopic (exact) mass is 561 g/mol. The molecule has 0 aliphatic rings. The first-order chi connectivity index (χ1) is 19.4. The fourth-order valence-electron chi connectivity index (χ4n) is 4.34. The highest BCUT2D eigenvalue weighted by atomic mass is 16.6. The van der Waals surface area contributed by atoms with Crippen molar-refractivity contribution in [3.05, 3.63) is 90.0 Å². The van der Waals surface area contributed by atoms with Crippen LogP contribution in [-0.4, -0.2) is 52.7 Å². The summed E-state index contributed by atoms with van der Waals surface area (Å²) < 4.78 is 10.7. The highest BCUT2D eigenvalue weighted by Crippen LogP contribution is 2.28. The number of hydrogen-bond donors (Lipinski definition) is 3. The van der Waals surface area contributed by atoms with Crippen LogP contribution in [0.15, 0.2) is 78.9 Å². The van der Waals surface area contributed by atoms with Gasteiger partial charge in [-0.2, -0.15) is 0 Å².